The topological polar surface area (TPSA) is 35.6 Å². The molecule has 5 heteroatoms. The average Bonchev–Trinajstić information content (AvgIpc) is 3.05. The van der Waals surface area contributed by atoms with Crippen LogP contribution in [0, 0.1) is 0 Å². The minimum atomic E-state index is 0.141. The van der Waals surface area contributed by atoms with E-state index in [4.69, 9.17) is 11.6 Å². The highest BCUT2D eigenvalue weighted by molar-refractivity contribution is 6.30. The fourth-order valence-electron chi connectivity index (χ4n) is 3.95. The van der Waals surface area contributed by atoms with Gasteiger partial charge in [-0.3, -0.25) is 9.69 Å². The molecular weight excluding hydrogens is 346 g/mol. The molecule has 0 spiro atoms. The number of carbonyl (C=O) groups excluding carboxylic acids is 1. The number of fused-ring (bicyclic) bond motifs is 1. The molecule has 0 saturated carbocycles. The van der Waals surface area contributed by atoms with Gasteiger partial charge in [0.25, 0.3) is 0 Å². The summed E-state index contributed by atoms with van der Waals surface area (Å²) in [6.07, 6.45) is 1.90. The third kappa shape index (κ3) is 4.02. The summed E-state index contributed by atoms with van der Waals surface area (Å²) in [4.78, 5) is 17.0. The highest BCUT2D eigenvalue weighted by Crippen LogP contribution is 2.22. The van der Waals surface area contributed by atoms with E-state index in [0.29, 0.717) is 6.54 Å². The van der Waals surface area contributed by atoms with Crippen molar-refractivity contribution in [1.82, 2.24) is 10.2 Å². The maximum Gasteiger partial charge on any atom is 0.234 e. The van der Waals surface area contributed by atoms with Crippen LogP contribution in [0.15, 0.2) is 48.5 Å². The van der Waals surface area contributed by atoms with Gasteiger partial charge in [0.15, 0.2) is 0 Å². The number of halogens is 1. The number of nitrogens with one attached hydrogen (secondary N) is 1. The molecule has 0 radical (unpaired) electrons. The molecule has 136 valence electrons. The van der Waals surface area contributed by atoms with Gasteiger partial charge < -0.3 is 10.2 Å². The van der Waals surface area contributed by atoms with Gasteiger partial charge in [-0.1, -0.05) is 35.9 Å². The molecule has 0 unspecified atom stereocenters. The van der Waals surface area contributed by atoms with Gasteiger partial charge in [0.2, 0.25) is 5.91 Å². The van der Waals surface area contributed by atoms with Gasteiger partial charge >= 0.3 is 0 Å². The Hall–Kier alpha value is -2.04. The Morgan fingerprint density at radius 3 is 2.19 bits per heavy atom. The Morgan fingerprint density at radius 1 is 0.962 bits per heavy atom. The summed E-state index contributed by atoms with van der Waals surface area (Å²) in [6.45, 7) is 4.16. The number of hydrogen-bond acceptors (Lipinski definition) is 3. The molecule has 1 saturated heterocycles. The van der Waals surface area contributed by atoms with E-state index in [-0.39, 0.29) is 11.9 Å². The summed E-state index contributed by atoms with van der Waals surface area (Å²) in [7, 11) is 0. The minimum Gasteiger partial charge on any atom is -0.369 e. The summed E-state index contributed by atoms with van der Waals surface area (Å²) < 4.78 is 0. The first-order valence-electron chi connectivity index (χ1n) is 9.26. The second-order valence-electron chi connectivity index (χ2n) is 7.18. The molecule has 4 rings (SSSR count). The van der Waals surface area contributed by atoms with E-state index < -0.39 is 0 Å². The molecule has 1 aliphatic heterocycles. The lowest BCUT2D eigenvalue weighted by molar-refractivity contribution is -0.123. The van der Waals surface area contributed by atoms with Crippen LogP contribution in [0.25, 0.3) is 0 Å². The smallest absolute Gasteiger partial charge is 0.234 e. The lowest BCUT2D eigenvalue weighted by Gasteiger charge is -2.35. The van der Waals surface area contributed by atoms with E-state index in [1.54, 1.807) is 0 Å². The van der Waals surface area contributed by atoms with Gasteiger partial charge in [0, 0.05) is 42.9 Å². The van der Waals surface area contributed by atoms with E-state index in [1.165, 1.54) is 16.8 Å². The van der Waals surface area contributed by atoms with Crippen LogP contribution in [0.5, 0.6) is 0 Å². The fourth-order valence-corrected chi connectivity index (χ4v) is 4.08. The normalized spacial score (nSPS) is 18.0. The van der Waals surface area contributed by atoms with Crippen molar-refractivity contribution in [3.63, 3.8) is 0 Å². The second kappa shape index (κ2) is 7.68. The molecule has 1 heterocycles. The number of nitrogens with zero attached hydrogens (tertiary/aromatic N) is 2. The number of anilines is 1. The Morgan fingerprint density at radius 2 is 1.58 bits per heavy atom. The fraction of sp³-hybridized carbons (Fsp3) is 0.381. The summed E-state index contributed by atoms with van der Waals surface area (Å²) in [5.74, 6) is 0.141. The van der Waals surface area contributed by atoms with Crippen LogP contribution in [0.2, 0.25) is 5.02 Å². The van der Waals surface area contributed by atoms with Crippen LogP contribution < -0.4 is 10.2 Å². The minimum absolute atomic E-state index is 0.141. The maximum absolute atomic E-state index is 12.4. The van der Waals surface area contributed by atoms with E-state index in [0.717, 1.165) is 44.0 Å². The van der Waals surface area contributed by atoms with Crippen molar-refractivity contribution >= 4 is 23.2 Å². The number of piperazine rings is 1. The largest absolute Gasteiger partial charge is 0.369 e. The molecular formula is C21H24ClN3O. The van der Waals surface area contributed by atoms with Gasteiger partial charge in [-0.2, -0.15) is 0 Å². The molecule has 4 nitrogen and oxygen atoms in total. The third-order valence-corrected chi connectivity index (χ3v) is 5.60. The predicted molar refractivity (Wildman–Crippen MR) is 106 cm³/mol. The number of hydrogen-bond donors (Lipinski definition) is 1. The first-order chi connectivity index (χ1) is 12.7. The molecule has 2 aliphatic rings. The molecule has 0 atom stereocenters. The van der Waals surface area contributed by atoms with Crippen molar-refractivity contribution in [1.29, 1.82) is 0 Å². The predicted octanol–water partition coefficient (Wildman–Crippen LogP) is 2.75. The molecule has 1 N–H and O–H groups in total. The summed E-state index contributed by atoms with van der Waals surface area (Å²) in [5, 5.41) is 3.98. The van der Waals surface area contributed by atoms with Crippen LogP contribution in [-0.2, 0) is 17.6 Å². The molecule has 0 aromatic heterocycles. The molecule has 1 aliphatic carbocycles. The number of rotatable bonds is 4. The molecule has 1 fully saturated rings. The zero-order chi connectivity index (χ0) is 17.9. The third-order valence-electron chi connectivity index (χ3n) is 5.35. The Bertz CT molecular complexity index is 744. The van der Waals surface area contributed by atoms with Crippen molar-refractivity contribution < 1.29 is 4.79 Å². The van der Waals surface area contributed by atoms with Crippen LogP contribution in [-0.4, -0.2) is 49.6 Å². The number of carbonyl (C=O) groups is 1. The first kappa shape index (κ1) is 17.4. The van der Waals surface area contributed by atoms with Crippen LogP contribution >= 0.6 is 11.6 Å². The summed E-state index contributed by atoms with van der Waals surface area (Å²) >= 11 is 5.96. The van der Waals surface area contributed by atoms with Crippen LogP contribution in [0.1, 0.15) is 11.1 Å². The molecule has 2 aromatic carbocycles. The van der Waals surface area contributed by atoms with E-state index in [1.807, 2.05) is 12.1 Å². The van der Waals surface area contributed by atoms with Crippen LogP contribution in [0.4, 0.5) is 5.69 Å². The van der Waals surface area contributed by atoms with Gasteiger partial charge in [0.05, 0.1) is 6.54 Å². The van der Waals surface area contributed by atoms with E-state index in [2.05, 4.69) is 51.5 Å². The first-order valence-corrected chi connectivity index (χ1v) is 9.64. The number of amides is 1. The lowest BCUT2D eigenvalue weighted by atomic mass is 10.1. The molecule has 2 aromatic rings. The molecule has 0 bridgehead atoms. The Kier molecular flexibility index (Phi) is 5.14. The van der Waals surface area contributed by atoms with Crippen molar-refractivity contribution in [2.75, 3.05) is 37.6 Å². The number of benzene rings is 2. The molecule has 1 amide bonds. The van der Waals surface area contributed by atoms with Crippen molar-refractivity contribution in [2.45, 2.75) is 18.9 Å². The van der Waals surface area contributed by atoms with Gasteiger partial charge in [-0.15, -0.1) is 0 Å². The molecule has 26 heavy (non-hydrogen) atoms. The zero-order valence-electron chi connectivity index (χ0n) is 14.8. The standard InChI is InChI=1S/C21H24ClN3O/c22-18-5-7-20(8-6-18)25-11-9-24(10-12-25)15-21(26)23-19-13-16-3-1-2-4-17(16)14-19/h1-8,19H,9-15H2,(H,23,26). The zero-order valence-corrected chi connectivity index (χ0v) is 15.6. The monoisotopic (exact) mass is 369 g/mol. The Balaban J connectivity index is 1.23. The summed E-state index contributed by atoms with van der Waals surface area (Å²) in [6, 6.07) is 16.7. The van der Waals surface area contributed by atoms with Crippen molar-refractivity contribution in [2.24, 2.45) is 0 Å². The highest BCUT2D eigenvalue weighted by atomic mass is 35.5. The van der Waals surface area contributed by atoms with Gasteiger partial charge in [-0.25, -0.2) is 0 Å². The SMILES string of the molecule is O=C(CN1CCN(c2ccc(Cl)cc2)CC1)NC1Cc2ccccc2C1. The highest BCUT2D eigenvalue weighted by Gasteiger charge is 2.24. The summed E-state index contributed by atoms with van der Waals surface area (Å²) in [5.41, 5.74) is 3.94. The van der Waals surface area contributed by atoms with Crippen molar-refractivity contribution in [3.8, 4) is 0 Å². The maximum atomic E-state index is 12.4. The second-order valence-corrected chi connectivity index (χ2v) is 7.62. The van der Waals surface area contributed by atoms with Gasteiger partial charge in [0.1, 0.15) is 0 Å². The quantitative estimate of drug-likeness (QED) is 0.900. The van der Waals surface area contributed by atoms with E-state index in [9.17, 15) is 4.79 Å². The average molecular weight is 370 g/mol. The van der Waals surface area contributed by atoms with Gasteiger partial charge in [-0.05, 0) is 48.2 Å². The lowest BCUT2D eigenvalue weighted by Crippen LogP contribution is -2.50. The van der Waals surface area contributed by atoms with Crippen molar-refractivity contribution in [3.05, 3.63) is 64.7 Å². The Labute approximate surface area is 159 Å². The van der Waals surface area contributed by atoms with E-state index >= 15 is 0 Å². The van der Waals surface area contributed by atoms with Crippen LogP contribution in [0.3, 0.4) is 0 Å².